The lowest BCUT2D eigenvalue weighted by atomic mass is 9.81. The second kappa shape index (κ2) is 10.3. The van der Waals surface area contributed by atoms with Gasteiger partial charge in [-0.3, -0.25) is 0 Å². The van der Waals surface area contributed by atoms with Gasteiger partial charge in [-0.2, -0.15) is 4.98 Å². The normalized spacial score (nSPS) is 22.0. The highest BCUT2D eigenvalue weighted by Crippen LogP contribution is 2.32. The van der Waals surface area contributed by atoms with Crippen LogP contribution >= 0.6 is 11.6 Å². The Kier molecular flexibility index (Phi) is 7.28. The summed E-state index contributed by atoms with van der Waals surface area (Å²) in [5, 5.41) is 3.70. The van der Waals surface area contributed by atoms with E-state index in [9.17, 15) is 0 Å². The molecule has 2 heterocycles. The SMILES string of the molecule is CCC1CCC(COc2nc(Nc3ccc(N4CCOCC4)cc3)ncc2Cl)CC1. The molecule has 0 radical (unpaired) electrons. The molecule has 0 amide bonds. The summed E-state index contributed by atoms with van der Waals surface area (Å²) in [4.78, 5) is 11.1. The fourth-order valence-electron chi connectivity index (χ4n) is 4.22. The maximum atomic E-state index is 6.28. The molecule has 1 aliphatic carbocycles. The van der Waals surface area contributed by atoms with Crippen LogP contribution in [0, 0.1) is 11.8 Å². The molecule has 1 N–H and O–H groups in total. The van der Waals surface area contributed by atoms with Gasteiger partial charge in [0.05, 0.1) is 26.0 Å². The Morgan fingerprint density at radius 3 is 2.50 bits per heavy atom. The summed E-state index contributed by atoms with van der Waals surface area (Å²) in [5.41, 5.74) is 2.13. The molecule has 162 valence electrons. The first kappa shape index (κ1) is 21.2. The van der Waals surface area contributed by atoms with E-state index in [4.69, 9.17) is 21.1 Å². The van der Waals surface area contributed by atoms with Gasteiger partial charge < -0.3 is 19.7 Å². The molecular formula is C23H31ClN4O2. The molecule has 0 bridgehead atoms. The number of ether oxygens (including phenoxy) is 2. The smallest absolute Gasteiger partial charge is 0.237 e. The summed E-state index contributed by atoms with van der Waals surface area (Å²) in [6.07, 6.45) is 7.93. The van der Waals surface area contributed by atoms with Crippen molar-refractivity contribution in [2.24, 2.45) is 11.8 Å². The van der Waals surface area contributed by atoms with Crippen molar-refractivity contribution >= 4 is 28.9 Å². The lowest BCUT2D eigenvalue weighted by molar-refractivity contribution is 0.122. The quantitative estimate of drug-likeness (QED) is 0.642. The molecule has 1 saturated heterocycles. The van der Waals surface area contributed by atoms with E-state index in [1.165, 1.54) is 37.8 Å². The van der Waals surface area contributed by atoms with Crippen LogP contribution in [0.15, 0.2) is 30.5 Å². The Morgan fingerprint density at radius 1 is 1.10 bits per heavy atom. The lowest BCUT2D eigenvalue weighted by Gasteiger charge is -2.28. The third-order valence-electron chi connectivity index (χ3n) is 6.21. The van der Waals surface area contributed by atoms with E-state index in [1.807, 2.05) is 12.1 Å². The number of benzene rings is 1. The van der Waals surface area contributed by atoms with E-state index in [2.05, 4.69) is 39.2 Å². The molecule has 2 aliphatic rings. The average molecular weight is 431 g/mol. The average Bonchev–Trinajstić information content (AvgIpc) is 2.81. The maximum Gasteiger partial charge on any atom is 0.237 e. The highest BCUT2D eigenvalue weighted by Gasteiger charge is 2.21. The van der Waals surface area contributed by atoms with E-state index in [1.54, 1.807) is 6.20 Å². The minimum absolute atomic E-state index is 0.449. The first-order valence-electron chi connectivity index (χ1n) is 11.1. The van der Waals surface area contributed by atoms with Crippen molar-refractivity contribution in [3.05, 3.63) is 35.5 Å². The van der Waals surface area contributed by atoms with Crippen molar-refractivity contribution in [3.63, 3.8) is 0 Å². The molecule has 7 heteroatoms. The molecule has 1 saturated carbocycles. The van der Waals surface area contributed by atoms with Gasteiger partial charge in [-0.15, -0.1) is 0 Å². The summed E-state index contributed by atoms with van der Waals surface area (Å²) >= 11 is 6.28. The molecule has 0 unspecified atom stereocenters. The molecule has 30 heavy (non-hydrogen) atoms. The van der Waals surface area contributed by atoms with Crippen LogP contribution in [0.5, 0.6) is 5.88 Å². The number of rotatable bonds is 7. The van der Waals surface area contributed by atoms with E-state index in [-0.39, 0.29) is 0 Å². The number of morpholine rings is 1. The largest absolute Gasteiger partial charge is 0.476 e. The van der Waals surface area contributed by atoms with Crippen molar-refractivity contribution < 1.29 is 9.47 Å². The van der Waals surface area contributed by atoms with Gasteiger partial charge in [-0.25, -0.2) is 4.98 Å². The molecule has 0 spiro atoms. The minimum Gasteiger partial charge on any atom is -0.476 e. The molecule has 2 aromatic rings. The predicted octanol–water partition coefficient (Wildman–Crippen LogP) is 5.31. The first-order valence-corrected chi connectivity index (χ1v) is 11.4. The number of nitrogens with zero attached hydrogens (tertiary/aromatic N) is 3. The molecule has 0 atom stereocenters. The van der Waals surface area contributed by atoms with Gasteiger partial charge in [0.15, 0.2) is 0 Å². The third kappa shape index (κ3) is 5.55. The highest BCUT2D eigenvalue weighted by atomic mass is 35.5. The highest BCUT2D eigenvalue weighted by molar-refractivity contribution is 6.31. The van der Waals surface area contributed by atoms with Crippen LogP contribution in [0.1, 0.15) is 39.0 Å². The standard InChI is InChI=1S/C23H31ClN4O2/c1-2-17-3-5-18(6-4-17)16-30-22-21(24)15-25-23(27-22)26-19-7-9-20(10-8-19)28-11-13-29-14-12-28/h7-10,15,17-18H,2-6,11-14,16H2,1H3,(H,25,26,27). The van der Waals surface area contributed by atoms with Crippen molar-refractivity contribution in [2.45, 2.75) is 39.0 Å². The van der Waals surface area contributed by atoms with E-state index in [0.29, 0.717) is 29.4 Å². The van der Waals surface area contributed by atoms with Crippen molar-refractivity contribution in [1.29, 1.82) is 0 Å². The Hall–Kier alpha value is -2.05. The molecule has 1 aromatic carbocycles. The fraction of sp³-hybridized carbons (Fsp3) is 0.565. The van der Waals surface area contributed by atoms with Gasteiger partial charge in [-0.1, -0.05) is 37.8 Å². The summed E-state index contributed by atoms with van der Waals surface area (Å²) in [6, 6.07) is 8.28. The van der Waals surface area contributed by atoms with Crippen molar-refractivity contribution in [3.8, 4) is 5.88 Å². The first-order chi connectivity index (χ1) is 14.7. The molecule has 4 rings (SSSR count). The molecule has 2 fully saturated rings. The van der Waals surface area contributed by atoms with Crippen LogP contribution in [-0.2, 0) is 4.74 Å². The third-order valence-corrected chi connectivity index (χ3v) is 6.47. The zero-order chi connectivity index (χ0) is 20.8. The molecule has 1 aromatic heterocycles. The minimum atomic E-state index is 0.449. The molecule has 6 nitrogen and oxygen atoms in total. The summed E-state index contributed by atoms with van der Waals surface area (Å²) < 4.78 is 11.4. The second-order valence-corrected chi connectivity index (χ2v) is 8.63. The summed E-state index contributed by atoms with van der Waals surface area (Å²) in [7, 11) is 0. The number of hydrogen-bond acceptors (Lipinski definition) is 6. The lowest BCUT2D eigenvalue weighted by Crippen LogP contribution is -2.36. The molecule has 1 aliphatic heterocycles. The molecular weight excluding hydrogens is 400 g/mol. The van der Waals surface area contributed by atoms with Crippen molar-refractivity contribution in [1.82, 2.24) is 9.97 Å². The van der Waals surface area contributed by atoms with Crippen LogP contribution in [0.4, 0.5) is 17.3 Å². The van der Waals surface area contributed by atoms with Gasteiger partial charge in [0, 0.05) is 24.5 Å². The van der Waals surface area contributed by atoms with E-state index in [0.717, 1.165) is 37.9 Å². The second-order valence-electron chi connectivity index (χ2n) is 8.22. The topological polar surface area (TPSA) is 59.5 Å². The van der Waals surface area contributed by atoms with Crippen LogP contribution < -0.4 is 15.0 Å². The van der Waals surface area contributed by atoms with Gasteiger partial charge in [0.1, 0.15) is 5.02 Å². The van der Waals surface area contributed by atoms with Gasteiger partial charge in [-0.05, 0) is 48.9 Å². The number of hydrogen-bond donors (Lipinski definition) is 1. The Morgan fingerprint density at radius 2 is 1.80 bits per heavy atom. The summed E-state index contributed by atoms with van der Waals surface area (Å²) in [5.74, 6) is 2.41. The number of nitrogens with one attached hydrogen (secondary N) is 1. The Labute approximate surface area is 184 Å². The van der Waals surface area contributed by atoms with Crippen LogP contribution in [0.3, 0.4) is 0 Å². The van der Waals surface area contributed by atoms with Crippen molar-refractivity contribution in [2.75, 3.05) is 43.1 Å². The monoisotopic (exact) mass is 430 g/mol. The maximum absolute atomic E-state index is 6.28. The predicted molar refractivity (Wildman–Crippen MR) is 121 cm³/mol. The van der Waals surface area contributed by atoms with Gasteiger partial charge in [0.25, 0.3) is 0 Å². The number of aromatic nitrogens is 2. The van der Waals surface area contributed by atoms with E-state index >= 15 is 0 Å². The Balaban J connectivity index is 1.33. The van der Waals surface area contributed by atoms with Gasteiger partial charge in [0.2, 0.25) is 11.8 Å². The number of anilines is 3. The van der Waals surface area contributed by atoms with Crippen LogP contribution in [-0.4, -0.2) is 42.9 Å². The Bertz CT molecular complexity index is 803. The number of halogens is 1. The van der Waals surface area contributed by atoms with E-state index < -0.39 is 0 Å². The zero-order valence-corrected chi connectivity index (χ0v) is 18.4. The van der Waals surface area contributed by atoms with Crippen LogP contribution in [0.2, 0.25) is 5.02 Å². The van der Waals surface area contributed by atoms with Gasteiger partial charge >= 0.3 is 0 Å². The summed E-state index contributed by atoms with van der Waals surface area (Å²) in [6.45, 7) is 6.36. The zero-order valence-electron chi connectivity index (χ0n) is 17.6. The fourth-order valence-corrected chi connectivity index (χ4v) is 4.37. The van der Waals surface area contributed by atoms with Crippen LogP contribution in [0.25, 0.3) is 0 Å².